The Hall–Kier alpha value is -1.33. The van der Waals surface area contributed by atoms with Crippen molar-refractivity contribution in [2.75, 3.05) is 20.1 Å². The smallest absolute Gasteiger partial charge is 0.320 e. The van der Waals surface area contributed by atoms with Crippen LogP contribution in [0.1, 0.15) is 24.3 Å². The zero-order valence-electron chi connectivity index (χ0n) is 13.2. The van der Waals surface area contributed by atoms with E-state index in [2.05, 4.69) is 22.5 Å². The topological polar surface area (TPSA) is 52.6 Å². The number of hydrogen-bond donors (Lipinski definition) is 0. The molecule has 0 amide bonds. The molecule has 0 heterocycles. The predicted molar refractivity (Wildman–Crippen MR) is 93.5 cm³/mol. The van der Waals surface area contributed by atoms with Crippen LogP contribution in [0.4, 0.5) is 0 Å². The van der Waals surface area contributed by atoms with Gasteiger partial charge in [0.25, 0.3) is 0 Å². The standard InChI is InChI=1S/C17H20BrClO4/c1-11(10-19)8-13(12-4-6-14(18)7-5-12)9-15(16(20)22-2)17(21)23-3/h4-7,13,15H,1,8-10H2,2-3H3. The van der Waals surface area contributed by atoms with Crippen molar-refractivity contribution in [1.29, 1.82) is 0 Å². The number of alkyl halides is 1. The minimum atomic E-state index is -0.971. The van der Waals surface area contributed by atoms with Gasteiger partial charge in [0.05, 0.1) is 14.2 Å². The van der Waals surface area contributed by atoms with Gasteiger partial charge in [-0.2, -0.15) is 0 Å². The van der Waals surface area contributed by atoms with Crippen LogP contribution in [0, 0.1) is 5.92 Å². The summed E-state index contributed by atoms with van der Waals surface area (Å²) >= 11 is 9.23. The normalized spacial score (nSPS) is 11.9. The molecular formula is C17H20BrClO4. The molecule has 4 nitrogen and oxygen atoms in total. The van der Waals surface area contributed by atoms with Gasteiger partial charge in [-0.25, -0.2) is 0 Å². The summed E-state index contributed by atoms with van der Waals surface area (Å²) in [5.41, 5.74) is 1.84. The molecule has 0 bridgehead atoms. The molecule has 1 rings (SSSR count). The van der Waals surface area contributed by atoms with Crippen LogP contribution in [0.5, 0.6) is 0 Å². The maximum Gasteiger partial charge on any atom is 0.320 e. The number of ether oxygens (including phenoxy) is 2. The fraction of sp³-hybridized carbons (Fsp3) is 0.412. The van der Waals surface area contributed by atoms with E-state index in [9.17, 15) is 9.59 Å². The molecule has 0 aliphatic carbocycles. The van der Waals surface area contributed by atoms with Crippen molar-refractivity contribution in [1.82, 2.24) is 0 Å². The first kappa shape index (κ1) is 19.7. The first-order valence-corrected chi connectivity index (χ1v) is 8.39. The lowest BCUT2D eigenvalue weighted by atomic mass is 9.84. The molecule has 0 aliphatic rings. The molecule has 0 radical (unpaired) electrons. The molecule has 0 spiro atoms. The van der Waals surface area contributed by atoms with Crippen LogP contribution in [0.2, 0.25) is 0 Å². The van der Waals surface area contributed by atoms with Crippen molar-refractivity contribution in [2.24, 2.45) is 5.92 Å². The summed E-state index contributed by atoms with van der Waals surface area (Å²) in [6.07, 6.45) is 0.854. The third-order valence-corrected chi connectivity index (χ3v) is 4.46. The molecular weight excluding hydrogens is 384 g/mol. The quantitative estimate of drug-likeness (QED) is 0.284. The second kappa shape index (κ2) is 9.73. The summed E-state index contributed by atoms with van der Waals surface area (Å²) in [5, 5.41) is 0. The molecule has 1 aromatic rings. The number of allylic oxidation sites excluding steroid dienone is 1. The van der Waals surface area contributed by atoms with E-state index in [1.54, 1.807) is 0 Å². The molecule has 0 N–H and O–H groups in total. The maximum absolute atomic E-state index is 11.9. The van der Waals surface area contributed by atoms with Gasteiger partial charge < -0.3 is 9.47 Å². The number of carbonyl (C=O) groups excluding carboxylic acids is 2. The third-order valence-electron chi connectivity index (χ3n) is 3.56. The van der Waals surface area contributed by atoms with Crippen LogP contribution < -0.4 is 0 Å². The van der Waals surface area contributed by atoms with E-state index in [1.807, 2.05) is 24.3 Å². The van der Waals surface area contributed by atoms with E-state index in [0.717, 1.165) is 15.6 Å². The Bertz CT molecular complexity index is 540. The number of benzene rings is 1. The molecule has 126 valence electrons. The van der Waals surface area contributed by atoms with Crippen LogP contribution in [-0.4, -0.2) is 32.0 Å². The van der Waals surface area contributed by atoms with Gasteiger partial charge >= 0.3 is 11.9 Å². The predicted octanol–water partition coefficient (Wildman–Crippen LogP) is 4.07. The summed E-state index contributed by atoms with van der Waals surface area (Å²) in [5.74, 6) is -1.93. The van der Waals surface area contributed by atoms with E-state index in [0.29, 0.717) is 12.3 Å². The van der Waals surface area contributed by atoms with E-state index in [-0.39, 0.29) is 12.3 Å². The van der Waals surface area contributed by atoms with Crippen molar-refractivity contribution in [3.8, 4) is 0 Å². The summed E-state index contributed by atoms with van der Waals surface area (Å²) in [7, 11) is 2.51. The number of esters is 2. The summed E-state index contributed by atoms with van der Waals surface area (Å²) < 4.78 is 10.4. The Kier molecular flexibility index (Phi) is 8.34. The average Bonchev–Trinajstić information content (AvgIpc) is 2.57. The fourth-order valence-corrected chi connectivity index (χ4v) is 2.71. The van der Waals surface area contributed by atoms with Gasteiger partial charge in [0.2, 0.25) is 0 Å². The van der Waals surface area contributed by atoms with Crippen molar-refractivity contribution in [3.05, 3.63) is 46.5 Å². The van der Waals surface area contributed by atoms with Crippen molar-refractivity contribution in [2.45, 2.75) is 18.8 Å². The molecule has 0 aromatic heterocycles. The Labute approximate surface area is 149 Å². The Morgan fingerprint density at radius 3 is 2.13 bits per heavy atom. The maximum atomic E-state index is 11.9. The van der Waals surface area contributed by atoms with E-state index in [4.69, 9.17) is 21.1 Å². The number of halogens is 2. The van der Waals surface area contributed by atoms with Gasteiger partial charge in [-0.05, 0) is 36.5 Å². The fourth-order valence-electron chi connectivity index (χ4n) is 2.33. The summed E-state index contributed by atoms with van der Waals surface area (Å²) in [6, 6.07) is 7.72. The number of methoxy groups -OCH3 is 2. The minimum absolute atomic E-state index is 0.0856. The molecule has 1 unspecified atom stereocenters. The number of rotatable bonds is 8. The van der Waals surface area contributed by atoms with Crippen molar-refractivity contribution < 1.29 is 19.1 Å². The third kappa shape index (κ3) is 5.99. The Morgan fingerprint density at radius 2 is 1.70 bits per heavy atom. The lowest BCUT2D eigenvalue weighted by Crippen LogP contribution is -2.28. The lowest BCUT2D eigenvalue weighted by Gasteiger charge is -2.22. The molecule has 6 heteroatoms. The highest BCUT2D eigenvalue weighted by atomic mass is 79.9. The Morgan fingerprint density at radius 1 is 1.17 bits per heavy atom. The largest absolute Gasteiger partial charge is 0.468 e. The highest BCUT2D eigenvalue weighted by Crippen LogP contribution is 2.32. The van der Waals surface area contributed by atoms with Gasteiger partial charge in [0.1, 0.15) is 0 Å². The zero-order valence-corrected chi connectivity index (χ0v) is 15.5. The van der Waals surface area contributed by atoms with Gasteiger partial charge in [-0.3, -0.25) is 9.59 Å². The Balaban J connectivity index is 3.06. The van der Waals surface area contributed by atoms with E-state index < -0.39 is 17.9 Å². The molecule has 0 saturated heterocycles. The van der Waals surface area contributed by atoms with Gasteiger partial charge in [-0.1, -0.05) is 40.2 Å². The number of carbonyl (C=O) groups is 2. The molecule has 1 atom stereocenters. The van der Waals surface area contributed by atoms with Crippen LogP contribution >= 0.6 is 27.5 Å². The molecule has 0 fully saturated rings. The molecule has 0 saturated carbocycles. The number of hydrogen-bond acceptors (Lipinski definition) is 4. The first-order chi connectivity index (χ1) is 10.9. The lowest BCUT2D eigenvalue weighted by molar-refractivity contribution is -0.159. The average molecular weight is 404 g/mol. The summed E-state index contributed by atoms with van der Waals surface area (Å²) in [6.45, 7) is 3.92. The zero-order chi connectivity index (χ0) is 17.4. The van der Waals surface area contributed by atoms with Crippen LogP contribution in [-0.2, 0) is 19.1 Å². The van der Waals surface area contributed by atoms with Crippen molar-refractivity contribution in [3.63, 3.8) is 0 Å². The van der Waals surface area contributed by atoms with Crippen LogP contribution in [0.15, 0.2) is 40.9 Å². The molecule has 1 aromatic carbocycles. The second-order valence-electron chi connectivity index (χ2n) is 5.17. The minimum Gasteiger partial charge on any atom is -0.468 e. The van der Waals surface area contributed by atoms with Gasteiger partial charge in [0.15, 0.2) is 5.92 Å². The first-order valence-electron chi connectivity index (χ1n) is 7.06. The van der Waals surface area contributed by atoms with Crippen LogP contribution in [0.3, 0.4) is 0 Å². The van der Waals surface area contributed by atoms with Gasteiger partial charge in [-0.15, -0.1) is 11.6 Å². The van der Waals surface area contributed by atoms with E-state index in [1.165, 1.54) is 14.2 Å². The highest BCUT2D eigenvalue weighted by molar-refractivity contribution is 9.10. The molecule has 23 heavy (non-hydrogen) atoms. The van der Waals surface area contributed by atoms with Gasteiger partial charge in [0, 0.05) is 10.4 Å². The second-order valence-corrected chi connectivity index (χ2v) is 6.35. The highest BCUT2D eigenvalue weighted by Gasteiger charge is 2.32. The van der Waals surface area contributed by atoms with Crippen molar-refractivity contribution >= 4 is 39.5 Å². The monoisotopic (exact) mass is 402 g/mol. The van der Waals surface area contributed by atoms with Crippen LogP contribution in [0.25, 0.3) is 0 Å². The summed E-state index contributed by atoms with van der Waals surface area (Å²) in [4.78, 5) is 23.8. The SMILES string of the molecule is C=C(CCl)CC(CC(C(=O)OC)C(=O)OC)c1ccc(Br)cc1. The van der Waals surface area contributed by atoms with E-state index >= 15 is 0 Å². The molecule has 0 aliphatic heterocycles.